The molecule has 1 heterocycles. The van der Waals surface area contributed by atoms with Gasteiger partial charge in [-0.15, -0.1) is 0 Å². The Hall–Kier alpha value is -2.86. The van der Waals surface area contributed by atoms with E-state index in [2.05, 4.69) is 15.5 Å². The molecule has 1 aliphatic rings. The molecule has 6 nitrogen and oxygen atoms in total. The number of ether oxygens (including phenoxy) is 1. The topological polar surface area (TPSA) is 70.7 Å². The van der Waals surface area contributed by atoms with Crippen LogP contribution in [0.3, 0.4) is 0 Å². The zero-order valence-electron chi connectivity index (χ0n) is 17.1. The van der Waals surface area contributed by atoms with Crippen LogP contribution in [0, 0.1) is 5.92 Å². The second-order valence-corrected chi connectivity index (χ2v) is 7.46. The summed E-state index contributed by atoms with van der Waals surface area (Å²) in [5.74, 6) is 0.621. The summed E-state index contributed by atoms with van der Waals surface area (Å²) in [6, 6.07) is 17.0. The number of hydrogen-bond acceptors (Lipinski definition) is 4. The third-order valence-electron chi connectivity index (χ3n) is 5.27. The number of rotatable bonds is 7. The number of nitrogens with zero attached hydrogens (tertiary/aromatic N) is 1. The van der Waals surface area contributed by atoms with E-state index in [1.165, 1.54) is 0 Å². The maximum Gasteiger partial charge on any atom is 0.234 e. The van der Waals surface area contributed by atoms with Crippen molar-refractivity contribution in [1.82, 2.24) is 10.2 Å². The maximum atomic E-state index is 12.6. The van der Waals surface area contributed by atoms with E-state index >= 15 is 0 Å². The highest BCUT2D eigenvalue weighted by Crippen LogP contribution is 2.24. The fourth-order valence-electron chi connectivity index (χ4n) is 3.77. The molecule has 1 saturated heterocycles. The van der Waals surface area contributed by atoms with Gasteiger partial charge in [-0.05, 0) is 44.5 Å². The predicted molar refractivity (Wildman–Crippen MR) is 114 cm³/mol. The van der Waals surface area contributed by atoms with E-state index in [0.717, 1.165) is 36.4 Å². The smallest absolute Gasteiger partial charge is 0.234 e. The average molecular weight is 396 g/mol. The Morgan fingerprint density at radius 3 is 2.62 bits per heavy atom. The van der Waals surface area contributed by atoms with Crippen LogP contribution in [-0.2, 0) is 9.59 Å². The molecule has 0 unspecified atom stereocenters. The number of methoxy groups -OCH3 is 1. The van der Waals surface area contributed by atoms with Crippen LogP contribution in [0.15, 0.2) is 54.6 Å². The molecule has 0 spiro atoms. The molecule has 154 valence electrons. The lowest BCUT2D eigenvalue weighted by Gasteiger charge is -2.31. The molecule has 0 radical (unpaired) electrons. The minimum Gasteiger partial charge on any atom is -0.496 e. The molecule has 2 aromatic carbocycles. The molecular weight excluding hydrogens is 366 g/mol. The summed E-state index contributed by atoms with van der Waals surface area (Å²) in [6.07, 6.45) is 1.75. The highest BCUT2D eigenvalue weighted by molar-refractivity contribution is 5.92. The zero-order chi connectivity index (χ0) is 20.6. The van der Waals surface area contributed by atoms with Gasteiger partial charge in [0.1, 0.15) is 5.75 Å². The van der Waals surface area contributed by atoms with Crippen molar-refractivity contribution >= 4 is 17.5 Å². The number of carbonyl (C=O) groups excluding carboxylic acids is 2. The molecule has 2 aromatic rings. The van der Waals surface area contributed by atoms with E-state index in [9.17, 15) is 9.59 Å². The second-order valence-electron chi connectivity index (χ2n) is 7.46. The van der Waals surface area contributed by atoms with Gasteiger partial charge < -0.3 is 15.4 Å². The third kappa shape index (κ3) is 5.81. The molecule has 0 aromatic heterocycles. The van der Waals surface area contributed by atoms with E-state index in [4.69, 9.17) is 4.74 Å². The van der Waals surface area contributed by atoms with Gasteiger partial charge in [0.05, 0.1) is 25.6 Å². The molecule has 2 amide bonds. The van der Waals surface area contributed by atoms with Crippen molar-refractivity contribution in [1.29, 1.82) is 0 Å². The number of benzene rings is 2. The van der Waals surface area contributed by atoms with E-state index < -0.39 is 0 Å². The van der Waals surface area contributed by atoms with E-state index in [1.807, 2.05) is 61.5 Å². The first kappa shape index (κ1) is 20.9. The summed E-state index contributed by atoms with van der Waals surface area (Å²) in [7, 11) is 1.63. The molecule has 0 bridgehead atoms. The van der Waals surface area contributed by atoms with Crippen molar-refractivity contribution in [2.45, 2.75) is 25.8 Å². The Labute approximate surface area is 172 Å². The largest absolute Gasteiger partial charge is 0.496 e. The summed E-state index contributed by atoms with van der Waals surface area (Å²) in [4.78, 5) is 27.2. The number of amides is 2. The Kier molecular flexibility index (Phi) is 7.25. The molecule has 29 heavy (non-hydrogen) atoms. The minimum atomic E-state index is -0.152. The van der Waals surface area contributed by atoms with Crippen molar-refractivity contribution in [3.8, 4) is 5.75 Å². The van der Waals surface area contributed by atoms with Crippen molar-refractivity contribution < 1.29 is 14.3 Å². The number of likely N-dealkylation sites (tertiary alicyclic amines) is 1. The number of carbonyl (C=O) groups is 2. The van der Waals surface area contributed by atoms with Crippen LogP contribution in [0.2, 0.25) is 0 Å². The van der Waals surface area contributed by atoms with Crippen LogP contribution in [0.5, 0.6) is 5.75 Å². The summed E-state index contributed by atoms with van der Waals surface area (Å²) in [5.41, 5.74) is 1.75. The van der Waals surface area contributed by atoms with Gasteiger partial charge in [-0.3, -0.25) is 14.5 Å². The lowest BCUT2D eigenvalue weighted by Crippen LogP contribution is -2.45. The lowest BCUT2D eigenvalue weighted by atomic mass is 9.97. The molecule has 1 fully saturated rings. The van der Waals surface area contributed by atoms with Gasteiger partial charge >= 0.3 is 0 Å². The van der Waals surface area contributed by atoms with E-state index in [1.54, 1.807) is 7.11 Å². The zero-order valence-corrected chi connectivity index (χ0v) is 17.1. The van der Waals surface area contributed by atoms with Gasteiger partial charge in [-0.25, -0.2) is 0 Å². The van der Waals surface area contributed by atoms with Crippen molar-refractivity contribution in [3.05, 3.63) is 60.2 Å². The predicted octanol–water partition coefficient (Wildman–Crippen LogP) is 3.22. The number of piperidine rings is 1. The first-order chi connectivity index (χ1) is 14.1. The normalized spacial score (nSPS) is 17.9. The van der Waals surface area contributed by atoms with Crippen molar-refractivity contribution in [2.24, 2.45) is 5.92 Å². The van der Waals surface area contributed by atoms with Gasteiger partial charge in [0, 0.05) is 17.8 Å². The lowest BCUT2D eigenvalue weighted by molar-refractivity contribution is -0.126. The first-order valence-electron chi connectivity index (χ1n) is 10.1. The van der Waals surface area contributed by atoms with Crippen molar-refractivity contribution in [3.63, 3.8) is 0 Å². The maximum absolute atomic E-state index is 12.6. The summed E-state index contributed by atoms with van der Waals surface area (Å²) < 4.78 is 5.38. The van der Waals surface area contributed by atoms with E-state index in [0.29, 0.717) is 6.54 Å². The Morgan fingerprint density at radius 2 is 1.86 bits per heavy atom. The van der Waals surface area contributed by atoms with Crippen LogP contribution in [0.4, 0.5) is 5.69 Å². The molecule has 6 heteroatoms. The number of nitrogens with one attached hydrogen (secondary N) is 2. The SMILES string of the molecule is COc1ccccc1[C@@H](C)NC(=O)CN1CCC[C@@H](C(=O)Nc2ccccc2)C1. The van der Waals surface area contributed by atoms with Crippen LogP contribution in [0.1, 0.15) is 31.4 Å². The Balaban J connectivity index is 1.52. The van der Waals surface area contributed by atoms with Crippen LogP contribution in [-0.4, -0.2) is 43.5 Å². The summed E-state index contributed by atoms with van der Waals surface area (Å²) in [5, 5.41) is 6.01. The average Bonchev–Trinajstić information content (AvgIpc) is 2.74. The van der Waals surface area contributed by atoms with Gasteiger partial charge in [-0.2, -0.15) is 0 Å². The highest BCUT2D eigenvalue weighted by atomic mass is 16.5. The summed E-state index contributed by atoms with van der Waals surface area (Å²) in [6.45, 7) is 3.65. The van der Waals surface area contributed by atoms with Gasteiger partial charge in [0.2, 0.25) is 11.8 Å². The van der Waals surface area contributed by atoms with Crippen molar-refractivity contribution in [2.75, 3.05) is 32.1 Å². The standard InChI is InChI=1S/C23H29N3O3/c1-17(20-12-6-7-13-21(20)29-2)24-22(27)16-26-14-8-9-18(15-26)23(28)25-19-10-4-3-5-11-19/h3-7,10-13,17-18H,8-9,14-16H2,1-2H3,(H,24,27)(H,25,28)/t17-,18-/m1/s1. The van der Waals surface area contributed by atoms with Gasteiger partial charge in [0.25, 0.3) is 0 Å². The van der Waals surface area contributed by atoms with E-state index in [-0.39, 0.29) is 30.3 Å². The quantitative estimate of drug-likeness (QED) is 0.755. The molecule has 2 atom stereocenters. The second kappa shape index (κ2) is 10.1. The number of anilines is 1. The monoisotopic (exact) mass is 395 g/mol. The molecule has 0 saturated carbocycles. The van der Waals surface area contributed by atoms with Crippen LogP contribution < -0.4 is 15.4 Å². The number of para-hydroxylation sites is 2. The number of hydrogen-bond donors (Lipinski definition) is 2. The van der Waals surface area contributed by atoms with Gasteiger partial charge in [-0.1, -0.05) is 36.4 Å². The molecule has 0 aliphatic carbocycles. The molecule has 1 aliphatic heterocycles. The third-order valence-corrected chi connectivity index (χ3v) is 5.27. The first-order valence-corrected chi connectivity index (χ1v) is 10.1. The molecule has 2 N–H and O–H groups in total. The Bertz CT molecular complexity index is 825. The minimum absolute atomic E-state index is 0.0173. The van der Waals surface area contributed by atoms with Crippen LogP contribution in [0.25, 0.3) is 0 Å². The molecular formula is C23H29N3O3. The van der Waals surface area contributed by atoms with Crippen LogP contribution >= 0.6 is 0 Å². The Morgan fingerprint density at radius 1 is 1.14 bits per heavy atom. The van der Waals surface area contributed by atoms with Gasteiger partial charge in [0.15, 0.2) is 0 Å². The fourth-order valence-corrected chi connectivity index (χ4v) is 3.77. The highest BCUT2D eigenvalue weighted by Gasteiger charge is 2.27. The molecule has 3 rings (SSSR count). The fraction of sp³-hybridized carbons (Fsp3) is 0.391. The summed E-state index contributed by atoms with van der Waals surface area (Å²) >= 11 is 0.